The van der Waals surface area contributed by atoms with Gasteiger partial charge in [0.15, 0.2) is 5.78 Å². The average Bonchev–Trinajstić information content (AvgIpc) is 2.77. The number of hydrogen-bond donors (Lipinski definition) is 0. The zero-order valence-corrected chi connectivity index (χ0v) is 23.3. The highest BCUT2D eigenvalue weighted by molar-refractivity contribution is 5.96. The van der Waals surface area contributed by atoms with E-state index in [-0.39, 0.29) is 56.6 Å². The van der Waals surface area contributed by atoms with Crippen molar-refractivity contribution in [2.75, 3.05) is 7.11 Å². The zero-order valence-electron chi connectivity index (χ0n) is 23.3. The van der Waals surface area contributed by atoms with Gasteiger partial charge >= 0.3 is 5.97 Å². The van der Waals surface area contributed by atoms with Crippen molar-refractivity contribution in [1.29, 1.82) is 0 Å². The first-order valence-corrected chi connectivity index (χ1v) is 14.0. The Morgan fingerprint density at radius 2 is 1.57 bits per heavy atom. The van der Waals surface area contributed by atoms with E-state index in [0.29, 0.717) is 12.2 Å². The number of fused-ring (bicyclic) bond motifs is 7. The van der Waals surface area contributed by atoms with E-state index >= 15 is 0 Å². The predicted octanol–water partition coefficient (Wildman–Crippen LogP) is 6.71. The molecule has 194 valence electrons. The number of carbonyl (C=O) groups is 3. The highest BCUT2D eigenvalue weighted by atomic mass is 16.5. The zero-order chi connectivity index (χ0) is 25.8. The van der Waals surface area contributed by atoms with Crippen LogP contribution in [-0.4, -0.2) is 24.6 Å². The van der Waals surface area contributed by atoms with E-state index in [1.807, 2.05) is 6.08 Å². The number of ether oxygens (including phenoxy) is 1. The summed E-state index contributed by atoms with van der Waals surface area (Å²) in [4.78, 5) is 40.5. The lowest BCUT2D eigenvalue weighted by atomic mass is 9.33. The minimum absolute atomic E-state index is 0.0640. The number of ketones is 2. The molecule has 0 heterocycles. The summed E-state index contributed by atoms with van der Waals surface area (Å²) in [6.07, 6.45) is 9.92. The molecule has 0 amide bonds. The second-order valence-corrected chi connectivity index (χ2v) is 15.0. The SMILES string of the molecule is COC(=O)[C@]12CCC(C)(C)C[C@H]1C1=CC(=O)[C@@H]3[C@@]4(C)CCC(=O)C(C)(C)[C@@H]4CC[C@@]3(C)[C@]1(C)CC2. The highest BCUT2D eigenvalue weighted by Gasteiger charge is 2.71. The molecule has 35 heavy (non-hydrogen) atoms. The molecule has 5 aliphatic carbocycles. The van der Waals surface area contributed by atoms with Crippen LogP contribution < -0.4 is 0 Å². The van der Waals surface area contributed by atoms with Crippen LogP contribution in [0.1, 0.15) is 106 Å². The van der Waals surface area contributed by atoms with Crippen molar-refractivity contribution < 1.29 is 19.1 Å². The smallest absolute Gasteiger partial charge is 0.312 e. The van der Waals surface area contributed by atoms with Gasteiger partial charge in [-0.3, -0.25) is 14.4 Å². The van der Waals surface area contributed by atoms with Gasteiger partial charge in [-0.25, -0.2) is 0 Å². The van der Waals surface area contributed by atoms with Crippen LogP contribution in [0.2, 0.25) is 0 Å². The molecule has 4 nitrogen and oxygen atoms in total. The predicted molar refractivity (Wildman–Crippen MR) is 136 cm³/mol. The molecule has 0 bridgehead atoms. The maximum atomic E-state index is 14.3. The first-order valence-electron chi connectivity index (χ1n) is 14.0. The Labute approximate surface area is 212 Å². The minimum atomic E-state index is -0.501. The molecule has 0 radical (unpaired) electrons. The van der Waals surface area contributed by atoms with Crippen LogP contribution >= 0.6 is 0 Å². The lowest BCUT2D eigenvalue weighted by Crippen LogP contribution is -2.66. The molecule has 0 N–H and O–H groups in total. The summed E-state index contributed by atoms with van der Waals surface area (Å²) < 4.78 is 5.43. The first kappa shape index (κ1) is 25.2. The van der Waals surface area contributed by atoms with E-state index in [2.05, 4.69) is 48.5 Å². The second kappa shape index (κ2) is 7.32. The summed E-state index contributed by atoms with van der Waals surface area (Å²) in [7, 11) is 1.52. The van der Waals surface area contributed by atoms with Crippen molar-refractivity contribution in [2.45, 2.75) is 106 Å². The fourth-order valence-electron chi connectivity index (χ4n) is 10.4. The third kappa shape index (κ3) is 3.00. The van der Waals surface area contributed by atoms with Gasteiger partial charge in [-0.15, -0.1) is 0 Å². The van der Waals surface area contributed by atoms with Crippen LogP contribution in [-0.2, 0) is 19.1 Å². The van der Waals surface area contributed by atoms with E-state index in [4.69, 9.17) is 4.74 Å². The average molecular weight is 483 g/mol. The van der Waals surface area contributed by atoms with Gasteiger partial charge in [0, 0.05) is 17.8 Å². The summed E-state index contributed by atoms with van der Waals surface area (Å²) >= 11 is 0. The van der Waals surface area contributed by atoms with Gasteiger partial charge in [-0.1, -0.05) is 54.0 Å². The maximum absolute atomic E-state index is 14.3. The van der Waals surface area contributed by atoms with Crippen LogP contribution in [0, 0.1) is 50.2 Å². The Morgan fingerprint density at radius 3 is 2.23 bits per heavy atom. The van der Waals surface area contributed by atoms with E-state index in [9.17, 15) is 14.4 Å². The highest BCUT2D eigenvalue weighted by Crippen LogP contribution is 2.75. The van der Waals surface area contributed by atoms with E-state index in [1.165, 1.54) is 12.7 Å². The third-order valence-electron chi connectivity index (χ3n) is 12.7. The van der Waals surface area contributed by atoms with Gasteiger partial charge in [0.05, 0.1) is 12.5 Å². The van der Waals surface area contributed by atoms with Gasteiger partial charge in [-0.05, 0) is 90.9 Å². The molecule has 0 aromatic carbocycles. The Bertz CT molecular complexity index is 1020. The molecule has 5 aliphatic rings. The third-order valence-corrected chi connectivity index (χ3v) is 12.7. The van der Waals surface area contributed by atoms with Gasteiger partial charge in [0.1, 0.15) is 5.78 Å². The van der Waals surface area contributed by atoms with Gasteiger partial charge in [-0.2, -0.15) is 0 Å². The molecule has 4 heteroatoms. The number of methoxy groups -OCH3 is 1. The van der Waals surface area contributed by atoms with E-state index < -0.39 is 5.41 Å². The molecule has 0 saturated heterocycles. The fourth-order valence-corrected chi connectivity index (χ4v) is 10.4. The molecule has 7 atom stereocenters. The number of hydrogen-bond acceptors (Lipinski definition) is 4. The quantitative estimate of drug-likeness (QED) is 0.390. The van der Waals surface area contributed by atoms with Crippen LogP contribution in [0.5, 0.6) is 0 Å². The van der Waals surface area contributed by atoms with Crippen molar-refractivity contribution in [2.24, 2.45) is 50.2 Å². The Hall–Kier alpha value is -1.45. The van der Waals surface area contributed by atoms with Crippen LogP contribution in [0.25, 0.3) is 0 Å². The van der Waals surface area contributed by atoms with Crippen LogP contribution in [0.15, 0.2) is 11.6 Å². The number of esters is 1. The molecular weight excluding hydrogens is 436 g/mol. The number of Topliss-reactive ketones (excluding diaryl/α,β-unsaturated/α-hetero) is 1. The molecule has 0 unspecified atom stereocenters. The minimum Gasteiger partial charge on any atom is -0.469 e. The summed E-state index contributed by atoms with van der Waals surface area (Å²) in [5.74, 6) is 0.763. The first-order chi connectivity index (χ1) is 16.1. The van der Waals surface area contributed by atoms with Crippen LogP contribution in [0.4, 0.5) is 0 Å². The summed E-state index contributed by atoms with van der Waals surface area (Å²) in [6, 6.07) is 0. The van der Waals surface area contributed by atoms with Crippen molar-refractivity contribution in [3.8, 4) is 0 Å². The van der Waals surface area contributed by atoms with Crippen molar-refractivity contribution in [1.82, 2.24) is 0 Å². The summed E-state index contributed by atoms with van der Waals surface area (Å²) in [5.41, 5.74) is 0.0349. The second-order valence-electron chi connectivity index (χ2n) is 15.0. The maximum Gasteiger partial charge on any atom is 0.312 e. The monoisotopic (exact) mass is 482 g/mol. The molecule has 0 spiro atoms. The van der Waals surface area contributed by atoms with E-state index in [0.717, 1.165) is 51.4 Å². The van der Waals surface area contributed by atoms with Crippen molar-refractivity contribution in [3.63, 3.8) is 0 Å². The molecule has 4 saturated carbocycles. The largest absolute Gasteiger partial charge is 0.469 e. The van der Waals surface area contributed by atoms with Gasteiger partial charge in [0.25, 0.3) is 0 Å². The lowest BCUT2D eigenvalue weighted by Gasteiger charge is -2.69. The standard InChI is InChI=1S/C31H46O4/c1-26(2)13-15-31(25(34)35-8)16-14-29(6)19(20(31)18-26)17-21(32)24-28(5)11-10-23(33)27(3,4)22(28)9-12-30(24,29)7/h17,20,22,24H,9-16,18H2,1-8H3/t20-,22-,24+,28-,29+,30+,31-/m0/s1. The summed E-state index contributed by atoms with van der Waals surface area (Å²) in [6.45, 7) is 16.0. The topological polar surface area (TPSA) is 60.4 Å². The molecule has 0 aliphatic heterocycles. The molecule has 5 rings (SSSR count). The summed E-state index contributed by atoms with van der Waals surface area (Å²) in [5, 5.41) is 0. The Balaban J connectivity index is 1.66. The van der Waals surface area contributed by atoms with Gasteiger partial charge < -0.3 is 4.74 Å². The Kier molecular flexibility index (Phi) is 5.27. The normalized spacial score (nSPS) is 48.0. The lowest BCUT2D eigenvalue weighted by molar-refractivity contribution is -0.192. The number of carbonyl (C=O) groups excluding carboxylic acids is 3. The molecule has 4 fully saturated rings. The molecule has 0 aromatic heterocycles. The van der Waals surface area contributed by atoms with Crippen LogP contribution in [0.3, 0.4) is 0 Å². The number of rotatable bonds is 1. The van der Waals surface area contributed by atoms with E-state index in [1.54, 1.807) is 0 Å². The molecule has 0 aromatic rings. The Morgan fingerprint density at radius 1 is 0.914 bits per heavy atom. The van der Waals surface area contributed by atoms with Crippen molar-refractivity contribution >= 4 is 17.5 Å². The molecular formula is C31H46O4. The fraction of sp³-hybridized carbons (Fsp3) is 0.839. The number of allylic oxidation sites excluding steroid dienone is 2. The van der Waals surface area contributed by atoms with Gasteiger partial charge in [0.2, 0.25) is 0 Å². The van der Waals surface area contributed by atoms with Crippen molar-refractivity contribution in [3.05, 3.63) is 11.6 Å².